The van der Waals surface area contributed by atoms with Gasteiger partial charge in [-0.1, -0.05) is 61.4 Å². The maximum atomic E-state index is 13.6. The van der Waals surface area contributed by atoms with Gasteiger partial charge in [0.05, 0.1) is 23.4 Å². The second kappa shape index (κ2) is 11.5. The first-order chi connectivity index (χ1) is 18.8. The number of benzene rings is 3. The van der Waals surface area contributed by atoms with Crippen LogP contribution in [0.4, 0.5) is 14.5 Å². The molecule has 0 aromatic heterocycles. The Morgan fingerprint density at radius 3 is 2.41 bits per heavy atom. The molecule has 0 saturated heterocycles. The monoisotopic (exact) mass is 531 g/mol. The molecule has 2 amide bonds. The van der Waals surface area contributed by atoms with Crippen molar-refractivity contribution < 1.29 is 23.5 Å². The van der Waals surface area contributed by atoms with Crippen LogP contribution in [-0.2, 0) is 16.0 Å². The fraction of sp³-hybridized carbons (Fsp3) is 0.323. The lowest BCUT2D eigenvalue weighted by molar-refractivity contribution is -0.133. The van der Waals surface area contributed by atoms with Gasteiger partial charge >= 0.3 is 0 Å². The number of amides is 2. The number of benzodiazepines with no additional fused rings is 1. The predicted octanol–water partition coefficient (Wildman–Crippen LogP) is 4.63. The number of rotatable bonds is 9. The molecule has 2 N–H and O–H groups in total. The summed E-state index contributed by atoms with van der Waals surface area (Å²) in [4.78, 5) is 33.3. The van der Waals surface area contributed by atoms with E-state index in [1.807, 2.05) is 54.6 Å². The number of aliphatic hydroxyl groups excluding tert-OH is 1. The number of hydrogen-bond donors (Lipinski definition) is 2. The van der Waals surface area contributed by atoms with Gasteiger partial charge in [-0.3, -0.25) is 9.59 Å². The highest BCUT2D eigenvalue weighted by molar-refractivity contribution is 6.20. The normalized spacial score (nSPS) is 18.6. The number of carbonyl (C=O) groups excluding carboxylic acids is 2. The van der Waals surface area contributed by atoms with E-state index in [9.17, 15) is 23.5 Å². The van der Waals surface area contributed by atoms with Crippen molar-refractivity contribution in [1.82, 2.24) is 5.32 Å². The van der Waals surface area contributed by atoms with Crippen LogP contribution in [0.5, 0.6) is 0 Å². The zero-order valence-corrected chi connectivity index (χ0v) is 21.7. The van der Waals surface area contributed by atoms with Gasteiger partial charge in [0, 0.05) is 24.2 Å². The van der Waals surface area contributed by atoms with E-state index in [1.165, 1.54) is 17.0 Å². The molecule has 39 heavy (non-hydrogen) atoms. The van der Waals surface area contributed by atoms with Crippen molar-refractivity contribution in [3.8, 4) is 0 Å². The summed E-state index contributed by atoms with van der Waals surface area (Å²) in [6.45, 7) is 0. The van der Waals surface area contributed by atoms with Crippen molar-refractivity contribution in [1.29, 1.82) is 0 Å². The van der Waals surface area contributed by atoms with E-state index in [0.717, 1.165) is 30.0 Å². The summed E-state index contributed by atoms with van der Waals surface area (Å²) in [7, 11) is 1.65. The molecule has 0 spiro atoms. The number of aryl methyl sites for hydroxylation is 1. The zero-order chi connectivity index (χ0) is 27.5. The van der Waals surface area contributed by atoms with Gasteiger partial charge in [-0.15, -0.1) is 0 Å². The number of anilines is 1. The molecule has 202 valence electrons. The minimum absolute atomic E-state index is 0.149. The van der Waals surface area contributed by atoms with Crippen LogP contribution >= 0.6 is 0 Å². The molecule has 3 aromatic carbocycles. The van der Waals surface area contributed by atoms with Crippen LogP contribution in [0.15, 0.2) is 77.8 Å². The molecule has 0 bridgehead atoms. The molecular weight excluding hydrogens is 500 g/mol. The summed E-state index contributed by atoms with van der Waals surface area (Å²) in [6, 6.07) is 20.2. The first-order valence-electron chi connectivity index (χ1n) is 13.2. The number of nitrogens with zero attached hydrogens (tertiary/aromatic N) is 2. The van der Waals surface area contributed by atoms with Crippen LogP contribution < -0.4 is 10.2 Å². The summed E-state index contributed by atoms with van der Waals surface area (Å²) in [5, 5.41) is 13.9. The Labute approximate surface area is 226 Å². The Bertz CT molecular complexity index is 1370. The first kappa shape index (κ1) is 26.7. The largest absolute Gasteiger partial charge is 0.392 e. The van der Waals surface area contributed by atoms with Crippen LogP contribution in [0.3, 0.4) is 0 Å². The highest BCUT2D eigenvalue weighted by Crippen LogP contribution is 2.37. The Kier molecular flexibility index (Phi) is 7.84. The Morgan fingerprint density at radius 2 is 1.72 bits per heavy atom. The lowest BCUT2D eigenvalue weighted by Crippen LogP contribution is -2.49. The average Bonchev–Trinajstić information content (AvgIpc) is 3.76. The van der Waals surface area contributed by atoms with Crippen molar-refractivity contribution in [3.63, 3.8) is 0 Å². The van der Waals surface area contributed by atoms with Crippen molar-refractivity contribution in [2.75, 3.05) is 11.9 Å². The number of aliphatic hydroxyl groups is 1. The van der Waals surface area contributed by atoms with E-state index < -0.39 is 41.6 Å². The standard InChI is InChI=1S/C31H31F2N3O3/c1-36-26-10-6-5-9-24(26)28(21-7-3-2-4-8-21)34-29(31(36)39)35-30(38)25(17-19-11-12-19)27(37)14-13-20-15-22(32)18-23(33)16-20/h2-10,15-16,18-19,25,27,29,37H,11-14,17H2,1H3,(H,35,38)/t25?,27?,29-/m1/s1. The number of fused-ring (bicyclic) bond motifs is 1. The van der Waals surface area contributed by atoms with Crippen LogP contribution in [0, 0.1) is 23.5 Å². The van der Waals surface area contributed by atoms with Crippen LogP contribution in [0.2, 0.25) is 0 Å². The second-order valence-corrected chi connectivity index (χ2v) is 10.3. The van der Waals surface area contributed by atoms with Gasteiger partial charge in [0.15, 0.2) is 0 Å². The zero-order valence-electron chi connectivity index (χ0n) is 21.7. The van der Waals surface area contributed by atoms with Gasteiger partial charge in [-0.25, -0.2) is 13.8 Å². The van der Waals surface area contributed by atoms with Gasteiger partial charge < -0.3 is 15.3 Å². The average molecular weight is 532 g/mol. The third-order valence-electron chi connectivity index (χ3n) is 7.41. The smallest absolute Gasteiger partial charge is 0.272 e. The second-order valence-electron chi connectivity index (χ2n) is 10.3. The quantitative estimate of drug-likeness (QED) is 0.423. The summed E-state index contributed by atoms with van der Waals surface area (Å²) < 4.78 is 27.2. The molecule has 8 heteroatoms. The Morgan fingerprint density at radius 1 is 1.05 bits per heavy atom. The van der Waals surface area contributed by atoms with E-state index in [4.69, 9.17) is 4.99 Å². The molecular formula is C31H31F2N3O3. The van der Waals surface area contributed by atoms with E-state index in [-0.39, 0.29) is 12.8 Å². The molecule has 5 rings (SSSR count). The number of carbonyl (C=O) groups is 2. The predicted molar refractivity (Wildman–Crippen MR) is 145 cm³/mol. The lowest BCUT2D eigenvalue weighted by atomic mass is 9.90. The van der Waals surface area contributed by atoms with Gasteiger partial charge in [0.2, 0.25) is 12.1 Å². The SMILES string of the molecule is CN1C(=O)[C@@H](NC(=O)C(CC2CC2)C(O)CCc2cc(F)cc(F)c2)N=C(c2ccccc2)c2ccccc21. The molecule has 2 aliphatic rings. The number of para-hydroxylation sites is 1. The van der Waals surface area contributed by atoms with E-state index >= 15 is 0 Å². The first-order valence-corrected chi connectivity index (χ1v) is 13.2. The van der Waals surface area contributed by atoms with Crippen molar-refractivity contribution in [3.05, 3.63) is 101 Å². The van der Waals surface area contributed by atoms with E-state index in [0.29, 0.717) is 29.3 Å². The molecule has 1 aliphatic carbocycles. The lowest BCUT2D eigenvalue weighted by Gasteiger charge is -2.25. The molecule has 1 heterocycles. The summed E-state index contributed by atoms with van der Waals surface area (Å²) in [5.74, 6) is -2.69. The van der Waals surface area contributed by atoms with Crippen LogP contribution in [0.25, 0.3) is 0 Å². The van der Waals surface area contributed by atoms with Gasteiger partial charge in [-0.2, -0.15) is 0 Å². The molecule has 6 nitrogen and oxygen atoms in total. The fourth-order valence-corrected chi connectivity index (χ4v) is 5.11. The number of halogens is 2. The van der Waals surface area contributed by atoms with Gasteiger partial charge in [0.1, 0.15) is 11.6 Å². The van der Waals surface area contributed by atoms with Gasteiger partial charge in [-0.05, 0) is 48.9 Å². The maximum Gasteiger partial charge on any atom is 0.272 e. The highest BCUT2D eigenvalue weighted by atomic mass is 19.1. The Hall–Kier alpha value is -3.91. The van der Waals surface area contributed by atoms with E-state index in [1.54, 1.807) is 7.05 Å². The molecule has 3 aromatic rings. The minimum atomic E-state index is -1.18. The third-order valence-corrected chi connectivity index (χ3v) is 7.41. The van der Waals surface area contributed by atoms with Crippen LogP contribution in [0.1, 0.15) is 42.4 Å². The Balaban J connectivity index is 1.39. The third kappa shape index (κ3) is 6.23. The molecule has 1 saturated carbocycles. The number of hydrogen-bond acceptors (Lipinski definition) is 4. The van der Waals surface area contributed by atoms with Crippen molar-refractivity contribution in [2.24, 2.45) is 16.8 Å². The summed E-state index contributed by atoms with van der Waals surface area (Å²) in [6.07, 6.45) is 0.542. The fourth-order valence-electron chi connectivity index (χ4n) is 5.11. The van der Waals surface area contributed by atoms with Crippen LogP contribution in [-0.4, -0.2) is 41.9 Å². The molecule has 3 atom stereocenters. The maximum absolute atomic E-state index is 13.6. The molecule has 1 fully saturated rings. The van der Waals surface area contributed by atoms with Crippen molar-refractivity contribution >= 4 is 23.2 Å². The number of likely N-dealkylation sites (N-methyl/N-ethyl adjacent to an activating group) is 1. The number of nitrogens with one attached hydrogen (secondary N) is 1. The number of aliphatic imine (C=N–C) groups is 1. The highest BCUT2D eigenvalue weighted by Gasteiger charge is 2.37. The summed E-state index contributed by atoms with van der Waals surface area (Å²) >= 11 is 0. The summed E-state index contributed by atoms with van der Waals surface area (Å²) in [5.41, 5.74) is 3.25. The van der Waals surface area contributed by atoms with Gasteiger partial charge in [0.25, 0.3) is 5.91 Å². The molecule has 1 aliphatic heterocycles. The molecule has 0 radical (unpaired) electrons. The minimum Gasteiger partial charge on any atom is -0.392 e. The topological polar surface area (TPSA) is 82.0 Å². The van der Waals surface area contributed by atoms with E-state index in [2.05, 4.69) is 5.32 Å². The molecule has 2 unspecified atom stereocenters. The van der Waals surface area contributed by atoms with Crippen molar-refractivity contribution in [2.45, 2.75) is 44.4 Å².